The average Bonchev–Trinajstić information content (AvgIpc) is 2.01. The zero-order valence-corrected chi connectivity index (χ0v) is 9.72. The molecular formula is C7H6Br2ClN. The topological polar surface area (TPSA) is 12.0 Å². The maximum atomic E-state index is 5.96. The minimum atomic E-state index is 0.696. The molecule has 0 aliphatic carbocycles. The number of hydrogen-bond donors (Lipinski definition) is 1. The van der Waals surface area contributed by atoms with Crippen molar-refractivity contribution in [3.05, 3.63) is 26.1 Å². The zero-order chi connectivity index (χ0) is 8.43. The monoisotopic (exact) mass is 297 g/mol. The SMILES string of the molecule is CNc1ccc(Br)c(Br)c1Cl. The molecule has 1 N–H and O–H groups in total. The first-order valence-corrected chi connectivity index (χ1v) is 4.94. The van der Waals surface area contributed by atoms with Crippen molar-refractivity contribution in [3.63, 3.8) is 0 Å². The van der Waals surface area contributed by atoms with Gasteiger partial charge in [0.25, 0.3) is 0 Å². The molecular weight excluding hydrogens is 293 g/mol. The summed E-state index contributed by atoms with van der Waals surface area (Å²) in [5, 5.41) is 3.68. The van der Waals surface area contributed by atoms with E-state index in [1.54, 1.807) is 0 Å². The quantitative estimate of drug-likeness (QED) is 0.775. The van der Waals surface area contributed by atoms with Gasteiger partial charge in [0.2, 0.25) is 0 Å². The van der Waals surface area contributed by atoms with Gasteiger partial charge in [0.05, 0.1) is 15.2 Å². The van der Waals surface area contributed by atoms with Crippen molar-refractivity contribution in [2.75, 3.05) is 12.4 Å². The van der Waals surface area contributed by atoms with E-state index >= 15 is 0 Å². The molecule has 0 bridgehead atoms. The lowest BCUT2D eigenvalue weighted by Crippen LogP contribution is -1.89. The van der Waals surface area contributed by atoms with E-state index in [0.29, 0.717) is 5.02 Å². The van der Waals surface area contributed by atoms with Crippen LogP contribution in [0.15, 0.2) is 21.1 Å². The molecule has 0 unspecified atom stereocenters. The second-order valence-electron chi connectivity index (χ2n) is 1.97. The van der Waals surface area contributed by atoms with E-state index in [-0.39, 0.29) is 0 Å². The maximum absolute atomic E-state index is 5.96. The molecule has 0 heterocycles. The molecule has 0 radical (unpaired) electrons. The molecule has 60 valence electrons. The number of rotatable bonds is 1. The summed E-state index contributed by atoms with van der Waals surface area (Å²) < 4.78 is 1.84. The van der Waals surface area contributed by atoms with Crippen molar-refractivity contribution in [2.24, 2.45) is 0 Å². The Kier molecular flexibility index (Phi) is 3.22. The Morgan fingerprint density at radius 2 is 2.00 bits per heavy atom. The molecule has 0 saturated heterocycles. The highest BCUT2D eigenvalue weighted by atomic mass is 79.9. The number of nitrogens with one attached hydrogen (secondary N) is 1. The minimum Gasteiger partial charge on any atom is -0.387 e. The lowest BCUT2D eigenvalue weighted by Gasteiger charge is -2.05. The van der Waals surface area contributed by atoms with Crippen LogP contribution < -0.4 is 5.32 Å². The van der Waals surface area contributed by atoms with Crippen LogP contribution in [-0.4, -0.2) is 7.05 Å². The van der Waals surface area contributed by atoms with Crippen LogP contribution in [0.2, 0.25) is 5.02 Å². The van der Waals surface area contributed by atoms with Gasteiger partial charge in [0, 0.05) is 11.5 Å². The molecule has 0 aromatic heterocycles. The van der Waals surface area contributed by atoms with Crippen LogP contribution in [0.5, 0.6) is 0 Å². The predicted molar refractivity (Wildman–Crippen MR) is 56.4 cm³/mol. The van der Waals surface area contributed by atoms with Crippen molar-refractivity contribution in [1.82, 2.24) is 0 Å². The predicted octanol–water partition coefficient (Wildman–Crippen LogP) is 3.91. The summed E-state index contributed by atoms with van der Waals surface area (Å²) in [6, 6.07) is 3.85. The van der Waals surface area contributed by atoms with Gasteiger partial charge in [-0.1, -0.05) is 11.6 Å². The first-order chi connectivity index (χ1) is 5.16. The second kappa shape index (κ2) is 3.78. The lowest BCUT2D eigenvalue weighted by atomic mass is 10.3. The van der Waals surface area contributed by atoms with Crippen LogP contribution >= 0.6 is 43.5 Å². The number of benzene rings is 1. The van der Waals surface area contributed by atoms with E-state index < -0.39 is 0 Å². The van der Waals surface area contributed by atoms with Crippen LogP contribution in [0, 0.1) is 0 Å². The zero-order valence-electron chi connectivity index (χ0n) is 5.79. The summed E-state index contributed by atoms with van der Waals surface area (Å²) in [5.41, 5.74) is 0.918. The van der Waals surface area contributed by atoms with Gasteiger partial charge in [-0.05, 0) is 44.0 Å². The first kappa shape index (κ1) is 9.36. The van der Waals surface area contributed by atoms with E-state index in [0.717, 1.165) is 14.6 Å². The number of hydrogen-bond acceptors (Lipinski definition) is 1. The van der Waals surface area contributed by atoms with E-state index in [1.165, 1.54) is 0 Å². The summed E-state index contributed by atoms with van der Waals surface area (Å²) in [6.07, 6.45) is 0. The van der Waals surface area contributed by atoms with E-state index in [9.17, 15) is 0 Å². The Hall–Kier alpha value is 0.270. The van der Waals surface area contributed by atoms with Crippen LogP contribution in [-0.2, 0) is 0 Å². The third kappa shape index (κ3) is 1.89. The highest BCUT2D eigenvalue weighted by Gasteiger charge is 2.05. The molecule has 0 amide bonds. The maximum Gasteiger partial charge on any atom is 0.0790 e. The highest BCUT2D eigenvalue weighted by molar-refractivity contribution is 9.13. The van der Waals surface area contributed by atoms with E-state index in [4.69, 9.17) is 11.6 Å². The van der Waals surface area contributed by atoms with Crippen molar-refractivity contribution >= 4 is 49.1 Å². The summed E-state index contributed by atoms with van der Waals surface area (Å²) >= 11 is 12.7. The molecule has 0 saturated carbocycles. The second-order valence-corrected chi connectivity index (χ2v) is 4.00. The molecule has 1 aromatic rings. The van der Waals surface area contributed by atoms with Gasteiger partial charge in [-0.25, -0.2) is 0 Å². The Balaban J connectivity index is 3.25. The molecule has 0 aliphatic heterocycles. The molecule has 0 atom stereocenters. The minimum absolute atomic E-state index is 0.696. The van der Waals surface area contributed by atoms with Crippen LogP contribution in [0.1, 0.15) is 0 Å². The molecule has 4 heteroatoms. The molecule has 11 heavy (non-hydrogen) atoms. The summed E-state index contributed by atoms with van der Waals surface area (Å²) in [5.74, 6) is 0. The normalized spacial score (nSPS) is 9.82. The van der Waals surface area contributed by atoms with Crippen molar-refractivity contribution in [1.29, 1.82) is 0 Å². The third-order valence-electron chi connectivity index (χ3n) is 1.30. The van der Waals surface area contributed by atoms with Crippen molar-refractivity contribution < 1.29 is 0 Å². The molecule has 0 fully saturated rings. The van der Waals surface area contributed by atoms with Gasteiger partial charge in [0.1, 0.15) is 0 Å². The van der Waals surface area contributed by atoms with E-state index in [2.05, 4.69) is 37.2 Å². The van der Waals surface area contributed by atoms with E-state index in [1.807, 2.05) is 19.2 Å². The average molecular weight is 299 g/mol. The van der Waals surface area contributed by atoms with Gasteiger partial charge < -0.3 is 5.32 Å². The fourth-order valence-electron chi connectivity index (χ4n) is 0.719. The third-order valence-corrected chi connectivity index (χ3v) is 3.94. The Morgan fingerprint density at radius 3 is 2.55 bits per heavy atom. The largest absolute Gasteiger partial charge is 0.387 e. The fraction of sp³-hybridized carbons (Fsp3) is 0.143. The van der Waals surface area contributed by atoms with Crippen LogP contribution in [0.4, 0.5) is 5.69 Å². The number of halogens is 3. The lowest BCUT2D eigenvalue weighted by molar-refractivity contribution is 1.48. The van der Waals surface area contributed by atoms with Gasteiger partial charge in [0.15, 0.2) is 0 Å². The Bertz CT molecular complexity index is 275. The molecule has 1 nitrogen and oxygen atoms in total. The standard InChI is InChI=1S/C7H6Br2ClN/c1-11-5-3-2-4(8)6(9)7(5)10/h2-3,11H,1H3. The molecule has 1 aromatic carbocycles. The van der Waals surface area contributed by atoms with Gasteiger partial charge in [-0.3, -0.25) is 0 Å². The number of anilines is 1. The highest BCUT2D eigenvalue weighted by Crippen LogP contribution is 2.35. The summed E-state index contributed by atoms with van der Waals surface area (Å²) in [7, 11) is 1.83. The first-order valence-electron chi connectivity index (χ1n) is 2.98. The van der Waals surface area contributed by atoms with Crippen molar-refractivity contribution in [3.8, 4) is 0 Å². The summed E-state index contributed by atoms with van der Waals surface area (Å²) in [4.78, 5) is 0. The molecule has 0 aliphatic rings. The van der Waals surface area contributed by atoms with Gasteiger partial charge in [-0.2, -0.15) is 0 Å². The van der Waals surface area contributed by atoms with Crippen molar-refractivity contribution in [2.45, 2.75) is 0 Å². The van der Waals surface area contributed by atoms with Gasteiger partial charge in [-0.15, -0.1) is 0 Å². The summed E-state index contributed by atoms with van der Waals surface area (Å²) in [6.45, 7) is 0. The Labute approximate surface area is 87.4 Å². The smallest absolute Gasteiger partial charge is 0.0790 e. The van der Waals surface area contributed by atoms with Crippen LogP contribution in [0.25, 0.3) is 0 Å². The van der Waals surface area contributed by atoms with Crippen LogP contribution in [0.3, 0.4) is 0 Å². The Morgan fingerprint density at radius 1 is 1.36 bits per heavy atom. The molecule has 1 rings (SSSR count). The molecule has 0 spiro atoms. The van der Waals surface area contributed by atoms with Gasteiger partial charge >= 0.3 is 0 Å². The fourth-order valence-corrected chi connectivity index (χ4v) is 1.77.